The molecule has 0 unspecified atom stereocenters. The third-order valence-corrected chi connectivity index (χ3v) is 8.66. The molecule has 0 atom stereocenters. The minimum atomic E-state index is -4.00. The summed E-state index contributed by atoms with van der Waals surface area (Å²) >= 11 is 0. The summed E-state index contributed by atoms with van der Waals surface area (Å²) in [7, 11) is -0.914. The van der Waals surface area contributed by atoms with E-state index in [-0.39, 0.29) is 35.5 Å². The second-order valence-corrected chi connectivity index (χ2v) is 11.1. The van der Waals surface area contributed by atoms with E-state index in [0.717, 1.165) is 5.56 Å². The van der Waals surface area contributed by atoms with E-state index < -0.39 is 21.4 Å². The minimum Gasteiger partial charge on any atom is -0.493 e. The van der Waals surface area contributed by atoms with Crippen LogP contribution in [0.25, 0.3) is 0 Å². The smallest absolute Gasteiger partial charge is 0.337 e. The van der Waals surface area contributed by atoms with Gasteiger partial charge in [0.1, 0.15) is 0 Å². The van der Waals surface area contributed by atoms with Crippen molar-refractivity contribution >= 4 is 27.6 Å². The van der Waals surface area contributed by atoms with Crippen LogP contribution in [0.1, 0.15) is 42.6 Å². The maximum absolute atomic E-state index is 13.4. The maximum atomic E-state index is 13.4. The number of ether oxygens (including phenoxy) is 2. The molecule has 11 heteroatoms. The van der Waals surface area contributed by atoms with Crippen molar-refractivity contribution < 1.29 is 32.6 Å². The maximum Gasteiger partial charge on any atom is 0.337 e. The number of aromatic carboxylic acids is 1. The van der Waals surface area contributed by atoms with Crippen LogP contribution in [0, 0.1) is 5.41 Å². The van der Waals surface area contributed by atoms with E-state index in [1.807, 2.05) is 19.9 Å². The van der Waals surface area contributed by atoms with Crippen molar-refractivity contribution in [3.8, 4) is 11.5 Å². The molecule has 0 bridgehead atoms. The third-order valence-electron chi connectivity index (χ3n) is 6.70. The molecule has 2 heterocycles. The van der Waals surface area contributed by atoms with Gasteiger partial charge < -0.3 is 14.6 Å². The first-order chi connectivity index (χ1) is 17.0. The first-order valence-corrected chi connectivity index (χ1v) is 12.9. The molecule has 0 spiro atoms. The van der Waals surface area contributed by atoms with Crippen LogP contribution in [-0.4, -0.2) is 73.8 Å². The monoisotopic (exact) mass is 515 g/mol. The molecular weight excluding hydrogens is 486 g/mol. The lowest BCUT2D eigenvalue weighted by Gasteiger charge is -2.35. The second-order valence-electron chi connectivity index (χ2n) is 9.23. The van der Waals surface area contributed by atoms with E-state index in [2.05, 4.69) is 5.10 Å². The molecule has 2 aromatic carbocycles. The number of carbonyl (C=O) groups excluding carboxylic acids is 1. The van der Waals surface area contributed by atoms with Crippen LogP contribution in [0.15, 0.2) is 52.5 Å². The highest BCUT2D eigenvalue weighted by Crippen LogP contribution is 2.38. The molecule has 10 nitrogen and oxygen atoms in total. The van der Waals surface area contributed by atoms with E-state index in [0.29, 0.717) is 30.1 Å². The highest BCUT2D eigenvalue weighted by Gasteiger charge is 2.47. The quantitative estimate of drug-likeness (QED) is 0.601. The molecule has 0 saturated carbocycles. The van der Waals surface area contributed by atoms with Crippen molar-refractivity contribution in [2.75, 3.05) is 27.3 Å². The molecule has 2 aliphatic rings. The Morgan fingerprint density at radius 2 is 1.69 bits per heavy atom. The number of rotatable bonds is 7. The van der Waals surface area contributed by atoms with E-state index in [4.69, 9.17) is 9.47 Å². The molecule has 1 N–H and O–H groups in total. The van der Waals surface area contributed by atoms with Gasteiger partial charge in [0.05, 0.1) is 41.8 Å². The number of benzene rings is 2. The lowest BCUT2D eigenvalue weighted by Crippen LogP contribution is -2.47. The Morgan fingerprint density at radius 1 is 1.06 bits per heavy atom. The predicted octanol–water partition coefficient (Wildman–Crippen LogP) is 2.83. The normalized spacial score (nSPS) is 18.7. The summed E-state index contributed by atoms with van der Waals surface area (Å²) in [5.74, 6) is -0.366. The number of sulfonamides is 1. The number of hydrogen-bond donors (Lipinski definition) is 1. The standard InChI is InChI=1S/C25H29N3O7S/c1-25(2)22(16-9-10-19(34-3)20(15-16)35-4)26-28(24(25)31)17-11-13-27(14-12-17)36(32,33)21-8-6-5-7-18(21)23(29)30/h5-10,15,17H,11-14H2,1-4H3,(H,29,30). The van der Waals surface area contributed by atoms with Crippen LogP contribution < -0.4 is 9.47 Å². The van der Waals surface area contributed by atoms with Crippen LogP contribution >= 0.6 is 0 Å². The lowest BCUT2D eigenvalue weighted by molar-refractivity contribution is -0.137. The van der Waals surface area contributed by atoms with Crippen molar-refractivity contribution in [3.63, 3.8) is 0 Å². The SMILES string of the molecule is COc1ccc(C2=NN(C3CCN(S(=O)(=O)c4ccccc4C(=O)O)CC3)C(=O)C2(C)C)cc1OC. The highest BCUT2D eigenvalue weighted by atomic mass is 32.2. The van der Waals surface area contributed by atoms with Gasteiger partial charge in [-0.25, -0.2) is 18.2 Å². The number of carbonyl (C=O) groups is 2. The van der Waals surface area contributed by atoms with Gasteiger partial charge in [-0.15, -0.1) is 0 Å². The molecule has 36 heavy (non-hydrogen) atoms. The Balaban J connectivity index is 1.56. The number of methoxy groups -OCH3 is 2. The van der Waals surface area contributed by atoms with Crippen LogP contribution in [0.5, 0.6) is 11.5 Å². The molecule has 0 aliphatic carbocycles. The molecule has 0 aromatic heterocycles. The fourth-order valence-electron chi connectivity index (χ4n) is 4.65. The molecule has 1 saturated heterocycles. The zero-order valence-corrected chi connectivity index (χ0v) is 21.4. The number of nitrogens with zero attached hydrogens (tertiary/aromatic N) is 3. The van der Waals surface area contributed by atoms with Gasteiger partial charge in [0.2, 0.25) is 10.0 Å². The topological polar surface area (TPSA) is 126 Å². The van der Waals surface area contributed by atoms with E-state index in [1.165, 1.54) is 40.7 Å². The average molecular weight is 516 g/mol. The van der Waals surface area contributed by atoms with Gasteiger partial charge in [-0.05, 0) is 57.0 Å². The zero-order chi connectivity index (χ0) is 26.3. The number of piperidine rings is 1. The summed E-state index contributed by atoms with van der Waals surface area (Å²) < 4.78 is 38.4. The Labute approximate surface area is 210 Å². The molecule has 192 valence electrons. The first-order valence-electron chi connectivity index (χ1n) is 11.5. The number of amides is 1. The van der Waals surface area contributed by atoms with Crippen molar-refractivity contribution in [1.29, 1.82) is 0 Å². The van der Waals surface area contributed by atoms with Gasteiger partial charge in [-0.1, -0.05) is 12.1 Å². The van der Waals surface area contributed by atoms with Gasteiger partial charge in [-0.2, -0.15) is 9.41 Å². The van der Waals surface area contributed by atoms with Crippen molar-refractivity contribution in [1.82, 2.24) is 9.31 Å². The minimum absolute atomic E-state index is 0.145. The molecule has 1 fully saturated rings. The van der Waals surface area contributed by atoms with Gasteiger partial charge >= 0.3 is 5.97 Å². The van der Waals surface area contributed by atoms with E-state index >= 15 is 0 Å². The molecule has 2 aromatic rings. The molecule has 2 aliphatic heterocycles. The predicted molar refractivity (Wildman–Crippen MR) is 132 cm³/mol. The Morgan fingerprint density at radius 3 is 2.31 bits per heavy atom. The van der Waals surface area contributed by atoms with Gasteiger partial charge in [-0.3, -0.25) is 4.79 Å². The van der Waals surface area contributed by atoms with Gasteiger partial charge in [0.15, 0.2) is 11.5 Å². The summed E-state index contributed by atoms with van der Waals surface area (Å²) in [6.07, 6.45) is 0.748. The number of hydrogen-bond acceptors (Lipinski definition) is 7. The Bertz CT molecular complexity index is 1330. The summed E-state index contributed by atoms with van der Waals surface area (Å²) in [5, 5.41) is 15.6. The second kappa shape index (κ2) is 9.55. The average Bonchev–Trinajstić information content (AvgIpc) is 3.12. The summed E-state index contributed by atoms with van der Waals surface area (Å²) in [6.45, 7) is 3.92. The highest BCUT2D eigenvalue weighted by molar-refractivity contribution is 7.89. The molecular formula is C25H29N3O7S. The van der Waals surface area contributed by atoms with Gasteiger partial charge in [0.25, 0.3) is 5.91 Å². The lowest BCUT2D eigenvalue weighted by atomic mass is 9.83. The zero-order valence-electron chi connectivity index (χ0n) is 20.6. The molecule has 1 amide bonds. The third kappa shape index (κ3) is 4.33. The fraction of sp³-hybridized carbons (Fsp3) is 0.400. The number of hydrazone groups is 1. The van der Waals surface area contributed by atoms with Crippen molar-refractivity contribution in [2.24, 2.45) is 10.5 Å². The number of carboxylic acids is 1. The Kier molecular flexibility index (Phi) is 6.80. The van der Waals surface area contributed by atoms with Crippen molar-refractivity contribution in [3.05, 3.63) is 53.6 Å². The van der Waals surface area contributed by atoms with Crippen molar-refractivity contribution in [2.45, 2.75) is 37.6 Å². The van der Waals surface area contributed by atoms with Crippen LogP contribution in [0.4, 0.5) is 0 Å². The van der Waals surface area contributed by atoms with Crippen LogP contribution in [0.3, 0.4) is 0 Å². The van der Waals surface area contributed by atoms with E-state index in [9.17, 15) is 23.1 Å². The van der Waals surface area contributed by atoms with E-state index in [1.54, 1.807) is 19.2 Å². The molecule has 4 rings (SSSR count). The van der Waals surface area contributed by atoms with Crippen LogP contribution in [-0.2, 0) is 14.8 Å². The molecule has 0 radical (unpaired) electrons. The summed E-state index contributed by atoms with van der Waals surface area (Å²) in [4.78, 5) is 24.7. The largest absolute Gasteiger partial charge is 0.493 e. The summed E-state index contributed by atoms with van der Waals surface area (Å²) in [5.41, 5.74) is 0.182. The Hall–Kier alpha value is -3.44. The summed E-state index contributed by atoms with van der Waals surface area (Å²) in [6, 6.07) is 10.7. The van der Waals surface area contributed by atoms with Crippen LogP contribution in [0.2, 0.25) is 0 Å². The van der Waals surface area contributed by atoms with Gasteiger partial charge in [0, 0.05) is 18.7 Å². The number of carboxylic acid groups (broad SMARTS) is 1. The first kappa shape index (κ1) is 25.6. The fourth-order valence-corrected chi connectivity index (χ4v) is 6.30.